The largest absolute Gasteiger partial charge is 0.504 e. The van der Waals surface area contributed by atoms with Crippen molar-refractivity contribution in [2.24, 2.45) is 5.92 Å². The molecular weight excluding hydrogens is 364 g/mol. The molecule has 0 saturated carbocycles. The Balaban J connectivity index is 1.63. The number of phenols is 1. The highest BCUT2D eigenvalue weighted by molar-refractivity contribution is 7.15. The minimum Gasteiger partial charge on any atom is -0.504 e. The molecule has 27 heavy (non-hydrogen) atoms. The molecule has 3 heterocycles. The molecule has 1 aromatic carbocycles. The van der Waals surface area contributed by atoms with Crippen molar-refractivity contribution in [1.82, 2.24) is 10.2 Å². The number of carbonyl (C=O) groups is 2. The molecule has 7 heteroatoms. The van der Waals surface area contributed by atoms with Gasteiger partial charge in [0, 0.05) is 28.4 Å². The van der Waals surface area contributed by atoms with E-state index in [0.29, 0.717) is 31.8 Å². The predicted octanol–water partition coefficient (Wildman–Crippen LogP) is 2.68. The first-order chi connectivity index (χ1) is 13.0. The van der Waals surface area contributed by atoms with E-state index in [1.165, 1.54) is 4.88 Å². The lowest BCUT2D eigenvalue weighted by atomic mass is 9.96. The number of rotatable bonds is 2. The van der Waals surface area contributed by atoms with Gasteiger partial charge in [0.1, 0.15) is 12.5 Å². The van der Waals surface area contributed by atoms with Crippen molar-refractivity contribution in [2.45, 2.75) is 26.3 Å². The molecule has 0 aliphatic carbocycles. The quantitative estimate of drug-likeness (QED) is 0.778. The van der Waals surface area contributed by atoms with Crippen LogP contribution < -0.4 is 10.1 Å². The summed E-state index contributed by atoms with van der Waals surface area (Å²) in [6.45, 7) is 3.67. The molecule has 2 amide bonds. The number of amides is 2. The fourth-order valence-corrected chi connectivity index (χ4v) is 4.50. The molecule has 2 aromatic rings. The molecule has 2 aliphatic rings. The van der Waals surface area contributed by atoms with Gasteiger partial charge in [-0.2, -0.15) is 0 Å². The number of ether oxygens (including phenoxy) is 1. The average molecular weight is 386 g/mol. The Morgan fingerprint density at radius 2 is 2.22 bits per heavy atom. The molecular formula is C20H22N2O4S. The summed E-state index contributed by atoms with van der Waals surface area (Å²) in [5.41, 5.74) is 1.66. The number of benzene rings is 1. The van der Waals surface area contributed by atoms with Crippen molar-refractivity contribution < 1.29 is 19.4 Å². The van der Waals surface area contributed by atoms with E-state index in [1.807, 2.05) is 25.1 Å². The zero-order valence-corrected chi connectivity index (χ0v) is 16.0. The Labute approximate surface area is 161 Å². The summed E-state index contributed by atoms with van der Waals surface area (Å²) in [7, 11) is 0. The zero-order valence-electron chi connectivity index (χ0n) is 15.2. The molecule has 142 valence electrons. The molecule has 1 saturated heterocycles. The minimum atomic E-state index is -0.628. The Morgan fingerprint density at radius 1 is 1.37 bits per heavy atom. The van der Waals surface area contributed by atoms with Crippen molar-refractivity contribution in [3.05, 3.63) is 34.7 Å². The molecule has 1 aromatic heterocycles. The summed E-state index contributed by atoms with van der Waals surface area (Å²) in [6.07, 6.45) is 1.39. The van der Waals surface area contributed by atoms with Crippen LogP contribution in [0.25, 0.3) is 10.4 Å². The number of nitrogens with one attached hydrogen (secondary N) is 1. The maximum absolute atomic E-state index is 12.9. The van der Waals surface area contributed by atoms with Crippen LogP contribution in [0.2, 0.25) is 0 Å². The number of nitrogens with zero attached hydrogens (tertiary/aromatic N) is 1. The Bertz CT molecular complexity index is 892. The first-order valence-electron chi connectivity index (χ1n) is 9.15. The van der Waals surface area contributed by atoms with Gasteiger partial charge in [-0.1, -0.05) is 0 Å². The topological polar surface area (TPSA) is 78.9 Å². The van der Waals surface area contributed by atoms with Crippen LogP contribution in [-0.2, 0) is 16.1 Å². The number of hydrogen-bond acceptors (Lipinski definition) is 5. The lowest BCUT2D eigenvalue weighted by Gasteiger charge is -2.27. The van der Waals surface area contributed by atoms with Crippen molar-refractivity contribution in [3.63, 3.8) is 0 Å². The van der Waals surface area contributed by atoms with Gasteiger partial charge in [0.05, 0.1) is 6.54 Å². The van der Waals surface area contributed by atoms with Gasteiger partial charge in [0.15, 0.2) is 11.5 Å². The predicted molar refractivity (Wildman–Crippen MR) is 103 cm³/mol. The molecule has 1 fully saturated rings. The second-order valence-electron chi connectivity index (χ2n) is 6.99. The van der Waals surface area contributed by atoms with Crippen LogP contribution >= 0.6 is 11.3 Å². The lowest BCUT2D eigenvalue weighted by molar-refractivity contribution is -0.144. The molecule has 0 spiro atoms. The highest BCUT2D eigenvalue weighted by Crippen LogP contribution is 2.39. The molecule has 2 aliphatic heterocycles. The molecule has 0 bridgehead atoms. The van der Waals surface area contributed by atoms with E-state index >= 15 is 0 Å². The van der Waals surface area contributed by atoms with E-state index < -0.39 is 5.92 Å². The van der Waals surface area contributed by atoms with Crippen LogP contribution in [0.4, 0.5) is 0 Å². The van der Waals surface area contributed by atoms with Gasteiger partial charge in [-0.3, -0.25) is 9.59 Å². The lowest BCUT2D eigenvalue weighted by Crippen LogP contribution is -2.47. The number of piperidine rings is 1. The number of aryl methyl sites for hydroxylation is 1. The van der Waals surface area contributed by atoms with Crippen LogP contribution in [0.5, 0.6) is 11.5 Å². The fraction of sp³-hybridized carbons (Fsp3) is 0.400. The van der Waals surface area contributed by atoms with Crippen molar-refractivity contribution in [2.75, 3.05) is 19.7 Å². The first kappa shape index (κ1) is 17.9. The zero-order chi connectivity index (χ0) is 19.0. The standard InChI is InChI=1S/C20H22N2O4S/c1-12-4-5-17(27-12)13-9-14-11-22(7-8-26-18(14)16(23)10-13)20(25)15-3-2-6-21-19(15)24/h4-5,9-10,15,23H,2-3,6-8,11H2,1H3,(H,21,24)/t15-/m1/s1. The molecule has 6 nitrogen and oxygen atoms in total. The van der Waals surface area contributed by atoms with Gasteiger partial charge in [0.2, 0.25) is 11.8 Å². The van der Waals surface area contributed by atoms with E-state index in [4.69, 9.17) is 4.74 Å². The van der Waals surface area contributed by atoms with E-state index in [1.54, 1.807) is 22.3 Å². The van der Waals surface area contributed by atoms with Crippen molar-refractivity contribution in [3.8, 4) is 21.9 Å². The summed E-state index contributed by atoms with van der Waals surface area (Å²) >= 11 is 1.65. The van der Waals surface area contributed by atoms with E-state index in [9.17, 15) is 14.7 Å². The summed E-state index contributed by atoms with van der Waals surface area (Å²) in [5.74, 6) is -0.478. The van der Waals surface area contributed by atoms with Crippen LogP contribution in [0.3, 0.4) is 0 Å². The van der Waals surface area contributed by atoms with Gasteiger partial charge in [-0.15, -0.1) is 11.3 Å². The van der Waals surface area contributed by atoms with E-state index in [0.717, 1.165) is 22.4 Å². The Hall–Kier alpha value is -2.54. The number of fused-ring (bicyclic) bond motifs is 1. The number of aromatic hydroxyl groups is 1. The third-order valence-electron chi connectivity index (χ3n) is 5.03. The van der Waals surface area contributed by atoms with Crippen molar-refractivity contribution >= 4 is 23.2 Å². The second-order valence-corrected chi connectivity index (χ2v) is 8.28. The van der Waals surface area contributed by atoms with Crippen LogP contribution in [0.15, 0.2) is 24.3 Å². The number of carbonyl (C=O) groups excluding carboxylic acids is 2. The van der Waals surface area contributed by atoms with Gasteiger partial charge < -0.3 is 20.1 Å². The SMILES string of the molecule is Cc1ccc(-c2cc(O)c3c(c2)CN(C(=O)[C@@H]2CCCNC2=O)CCO3)s1. The van der Waals surface area contributed by atoms with E-state index in [2.05, 4.69) is 5.32 Å². The number of thiophene rings is 1. The average Bonchev–Trinajstić information content (AvgIpc) is 2.96. The summed E-state index contributed by atoms with van der Waals surface area (Å²) < 4.78 is 5.73. The van der Waals surface area contributed by atoms with Crippen LogP contribution in [0.1, 0.15) is 23.3 Å². The smallest absolute Gasteiger partial charge is 0.235 e. The monoisotopic (exact) mass is 386 g/mol. The van der Waals surface area contributed by atoms with Gasteiger partial charge in [-0.25, -0.2) is 0 Å². The third kappa shape index (κ3) is 3.51. The highest BCUT2D eigenvalue weighted by Gasteiger charge is 2.34. The summed E-state index contributed by atoms with van der Waals surface area (Å²) in [5, 5.41) is 13.2. The molecule has 4 rings (SSSR count). The summed E-state index contributed by atoms with van der Waals surface area (Å²) in [6, 6.07) is 7.73. The van der Waals surface area contributed by atoms with E-state index in [-0.39, 0.29) is 24.2 Å². The summed E-state index contributed by atoms with van der Waals surface area (Å²) in [4.78, 5) is 28.9. The highest BCUT2D eigenvalue weighted by atomic mass is 32.1. The molecule has 0 unspecified atom stereocenters. The normalized spacial score (nSPS) is 19.7. The molecule has 0 radical (unpaired) electrons. The van der Waals surface area contributed by atoms with Gasteiger partial charge >= 0.3 is 0 Å². The third-order valence-corrected chi connectivity index (χ3v) is 6.08. The van der Waals surface area contributed by atoms with Crippen LogP contribution in [-0.4, -0.2) is 41.5 Å². The van der Waals surface area contributed by atoms with Gasteiger partial charge in [-0.05, 0) is 49.6 Å². The molecule has 1 atom stereocenters. The number of phenolic OH excluding ortho intramolecular Hbond substituents is 1. The fourth-order valence-electron chi connectivity index (χ4n) is 3.65. The maximum atomic E-state index is 12.9. The maximum Gasteiger partial charge on any atom is 0.235 e. The first-order valence-corrected chi connectivity index (χ1v) is 9.96. The van der Waals surface area contributed by atoms with Gasteiger partial charge in [0.25, 0.3) is 0 Å². The van der Waals surface area contributed by atoms with Crippen LogP contribution in [0, 0.1) is 12.8 Å². The second kappa shape index (κ2) is 7.23. The molecule has 2 N–H and O–H groups in total. The van der Waals surface area contributed by atoms with Crippen molar-refractivity contribution in [1.29, 1.82) is 0 Å². The Morgan fingerprint density at radius 3 is 2.96 bits per heavy atom. The number of hydrogen-bond donors (Lipinski definition) is 2. The minimum absolute atomic E-state index is 0.0817. The Kier molecular flexibility index (Phi) is 4.78.